The minimum absolute atomic E-state index is 0.0763. The minimum atomic E-state index is -0.0763. The molecule has 0 unspecified atom stereocenters. The smallest absolute Gasteiger partial charge is 0.308 e. The first-order valence-electron chi connectivity index (χ1n) is 4.41. The maximum absolute atomic E-state index is 11.2. The van der Waals surface area contributed by atoms with E-state index in [1.807, 2.05) is 0 Å². The highest BCUT2D eigenvalue weighted by atomic mass is 16.6. The van der Waals surface area contributed by atoms with Crippen LogP contribution in [0.25, 0.3) is 0 Å². The molecule has 0 aromatic rings. The number of rotatable bonds is 1. The summed E-state index contributed by atoms with van der Waals surface area (Å²) in [6, 6.07) is 0. The van der Waals surface area contributed by atoms with Crippen molar-refractivity contribution in [2.75, 3.05) is 7.11 Å². The van der Waals surface area contributed by atoms with Gasteiger partial charge in [-0.2, -0.15) is 0 Å². The van der Waals surface area contributed by atoms with E-state index >= 15 is 0 Å². The lowest BCUT2D eigenvalue weighted by molar-refractivity contribution is -0.146. The van der Waals surface area contributed by atoms with E-state index in [9.17, 15) is 4.79 Å². The highest BCUT2D eigenvalue weighted by Gasteiger charge is 2.56. The standard InChI is InChI=1S/C9H14O3/c1-9-4-3-6(8(10)11-2)5-7(9)12-9/h6-7H,3-5H2,1-2H3/t6-,7-,9+/m0/s1. The molecule has 2 rings (SSSR count). The SMILES string of the molecule is COC(=O)[C@H]1CC[C@@]2(C)O[C@H]2C1. The van der Waals surface area contributed by atoms with Gasteiger partial charge in [0.25, 0.3) is 0 Å². The molecule has 0 radical (unpaired) electrons. The number of hydrogen-bond acceptors (Lipinski definition) is 3. The summed E-state index contributed by atoms with van der Waals surface area (Å²) in [6.45, 7) is 2.12. The molecular formula is C9H14O3. The summed E-state index contributed by atoms with van der Waals surface area (Å²) in [4.78, 5) is 11.2. The van der Waals surface area contributed by atoms with Gasteiger partial charge in [0, 0.05) is 0 Å². The molecule has 3 heteroatoms. The van der Waals surface area contributed by atoms with E-state index in [2.05, 4.69) is 6.92 Å². The van der Waals surface area contributed by atoms with E-state index in [1.54, 1.807) is 0 Å². The Balaban J connectivity index is 1.93. The van der Waals surface area contributed by atoms with Gasteiger partial charge >= 0.3 is 5.97 Å². The first-order valence-corrected chi connectivity index (χ1v) is 4.41. The van der Waals surface area contributed by atoms with Crippen molar-refractivity contribution in [3.05, 3.63) is 0 Å². The van der Waals surface area contributed by atoms with Crippen LogP contribution in [0, 0.1) is 5.92 Å². The predicted octanol–water partition coefficient (Wildman–Crippen LogP) is 1.12. The molecule has 0 bridgehead atoms. The Morgan fingerprint density at radius 2 is 2.42 bits per heavy atom. The summed E-state index contributed by atoms with van der Waals surface area (Å²) in [5.41, 5.74) is 0.102. The number of epoxide rings is 1. The lowest BCUT2D eigenvalue weighted by atomic mass is 9.83. The molecule has 1 aliphatic carbocycles. The Labute approximate surface area is 72.0 Å². The molecule has 3 nitrogen and oxygen atoms in total. The van der Waals surface area contributed by atoms with Crippen LogP contribution < -0.4 is 0 Å². The molecule has 0 aromatic carbocycles. The second-order valence-corrected chi connectivity index (χ2v) is 3.91. The first-order chi connectivity index (χ1) is 5.65. The van der Waals surface area contributed by atoms with E-state index in [4.69, 9.17) is 9.47 Å². The van der Waals surface area contributed by atoms with Crippen molar-refractivity contribution in [1.82, 2.24) is 0 Å². The molecule has 12 heavy (non-hydrogen) atoms. The van der Waals surface area contributed by atoms with Crippen LogP contribution in [-0.2, 0) is 14.3 Å². The van der Waals surface area contributed by atoms with Gasteiger partial charge in [-0.25, -0.2) is 0 Å². The fourth-order valence-corrected chi connectivity index (χ4v) is 2.03. The van der Waals surface area contributed by atoms with Crippen LogP contribution in [0.1, 0.15) is 26.2 Å². The third-order valence-corrected chi connectivity index (χ3v) is 3.06. The Morgan fingerprint density at radius 1 is 1.67 bits per heavy atom. The van der Waals surface area contributed by atoms with Gasteiger partial charge in [0.05, 0.1) is 24.7 Å². The van der Waals surface area contributed by atoms with Crippen molar-refractivity contribution < 1.29 is 14.3 Å². The molecule has 0 amide bonds. The third kappa shape index (κ3) is 1.12. The van der Waals surface area contributed by atoms with E-state index in [0.717, 1.165) is 19.3 Å². The predicted molar refractivity (Wildman–Crippen MR) is 42.6 cm³/mol. The number of carbonyl (C=O) groups is 1. The number of fused-ring (bicyclic) bond motifs is 1. The van der Waals surface area contributed by atoms with Crippen molar-refractivity contribution in [2.45, 2.75) is 37.9 Å². The fraction of sp³-hybridized carbons (Fsp3) is 0.889. The van der Waals surface area contributed by atoms with Crippen LogP contribution in [-0.4, -0.2) is 24.8 Å². The summed E-state index contributed by atoms with van der Waals surface area (Å²) in [5, 5.41) is 0. The topological polar surface area (TPSA) is 38.8 Å². The molecule has 0 spiro atoms. The summed E-state index contributed by atoms with van der Waals surface area (Å²) in [6.07, 6.45) is 3.08. The lowest BCUT2D eigenvalue weighted by Gasteiger charge is -2.19. The minimum Gasteiger partial charge on any atom is -0.469 e. The Kier molecular flexibility index (Phi) is 1.65. The number of hydrogen-bond donors (Lipinski definition) is 0. The molecule has 68 valence electrons. The third-order valence-electron chi connectivity index (χ3n) is 3.06. The molecule has 1 saturated carbocycles. The normalized spacial score (nSPS) is 44.8. The van der Waals surface area contributed by atoms with Gasteiger partial charge in [-0.15, -0.1) is 0 Å². The van der Waals surface area contributed by atoms with E-state index in [-0.39, 0.29) is 17.5 Å². The average molecular weight is 170 g/mol. The van der Waals surface area contributed by atoms with Crippen LogP contribution in [0.15, 0.2) is 0 Å². The quantitative estimate of drug-likeness (QED) is 0.437. The fourth-order valence-electron chi connectivity index (χ4n) is 2.03. The van der Waals surface area contributed by atoms with Crippen molar-refractivity contribution in [1.29, 1.82) is 0 Å². The number of esters is 1. The van der Waals surface area contributed by atoms with Crippen LogP contribution >= 0.6 is 0 Å². The first kappa shape index (κ1) is 8.05. The van der Waals surface area contributed by atoms with Crippen LogP contribution in [0.2, 0.25) is 0 Å². The second-order valence-electron chi connectivity index (χ2n) is 3.91. The zero-order chi connectivity index (χ0) is 8.77. The Hall–Kier alpha value is -0.570. The maximum Gasteiger partial charge on any atom is 0.308 e. The second kappa shape index (κ2) is 2.46. The molecular weight excluding hydrogens is 156 g/mol. The molecule has 2 fully saturated rings. The van der Waals surface area contributed by atoms with E-state index < -0.39 is 0 Å². The molecule has 0 aromatic heterocycles. The zero-order valence-electron chi connectivity index (χ0n) is 7.50. The largest absolute Gasteiger partial charge is 0.469 e. The average Bonchev–Trinajstić information content (AvgIpc) is 2.73. The maximum atomic E-state index is 11.2. The van der Waals surface area contributed by atoms with Gasteiger partial charge in [0.1, 0.15) is 0 Å². The van der Waals surface area contributed by atoms with Crippen molar-refractivity contribution in [3.63, 3.8) is 0 Å². The van der Waals surface area contributed by atoms with Crippen molar-refractivity contribution in [3.8, 4) is 0 Å². The molecule has 0 N–H and O–H groups in total. The summed E-state index contributed by atoms with van der Waals surface area (Å²) < 4.78 is 10.2. The Bertz CT molecular complexity index is 214. The molecule has 2 aliphatic rings. The lowest BCUT2D eigenvalue weighted by Crippen LogP contribution is -2.27. The van der Waals surface area contributed by atoms with Gasteiger partial charge in [-0.05, 0) is 26.2 Å². The van der Waals surface area contributed by atoms with Crippen LogP contribution in [0.4, 0.5) is 0 Å². The number of methoxy groups -OCH3 is 1. The van der Waals surface area contributed by atoms with Crippen LogP contribution in [0.3, 0.4) is 0 Å². The molecule has 3 atom stereocenters. The van der Waals surface area contributed by atoms with Gasteiger partial charge in [-0.1, -0.05) is 0 Å². The van der Waals surface area contributed by atoms with Gasteiger partial charge in [0.2, 0.25) is 0 Å². The van der Waals surface area contributed by atoms with Crippen molar-refractivity contribution in [2.24, 2.45) is 5.92 Å². The van der Waals surface area contributed by atoms with E-state index in [0.29, 0.717) is 6.10 Å². The highest BCUT2D eigenvalue weighted by molar-refractivity contribution is 5.72. The summed E-state index contributed by atoms with van der Waals surface area (Å²) in [5.74, 6) is 0.00289. The number of ether oxygens (including phenoxy) is 2. The Morgan fingerprint density at radius 3 is 3.00 bits per heavy atom. The van der Waals surface area contributed by atoms with Crippen molar-refractivity contribution >= 4 is 5.97 Å². The summed E-state index contributed by atoms with van der Waals surface area (Å²) in [7, 11) is 1.45. The molecule has 1 saturated heterocycles. The van der Waals surface area contributed by atoms with Crippen LogP contribution in [0.5, 0.6) is 0 Å². The summed E-state index contributed by atoms with van der Waals surface area (Å²) >= 11 is 0. The zero-order valence-corrected chi connectivity index (χ0v) is 7.50. The highest BCUT2D eigenvalue weighted by Crippen LogP contribution is 2.49. The molecule has 1 aliphatic heterocycles. The number of carbonyl (C=O) groups excluding carboxylic acids is 1. The van der Waals surface area contributed by atoms with Gasteiger partial charge in [-0.3, -0.25) is 4.79 Å². The van der Waals surface area contributed by atoms with E-state index in [1.165, 1.54) is 7.11 Å². The van der Waals surface area contributed by atoms with Gasteiger partial charge < -0.3 is 9.47 Å². The monoisotopic (exact) mass is 170 g/mol. The van der Waals surface area contributed by atoms with Gasteiger partial charge in [0.15, 0.2) is 0 Å². The molecule has 1 heterocycles.